The molecule has 1 aliphatic carbocycles. The van der Waals surface area contributed by atoms with Crippen LogP contribution in [0.5, 0.6) is 0 Å². The molecule has 0 radical (unpaired) electrons. The third-order valence-electron chi connectivity index (χ3n) is 4.30. The molecule has 2 fully saturated rings. The minimum atomic E-state index is 0.250. The van der Waals surface area contributed by atoms with Crippen molar-refractivity contribution in [2.45, 2.75) is 93.5 Å². The van der Waals surface area contributed by atoms with Crippen LogP contribution in [0, 0.1) is 5.92 Å². The van der Waals surface area contributed by atoms with Crippen LogP contribution in [-0.2, 0) is 4.79 Å². The fourth-order valence-corrected chi connectivity index (χ4v) is 2.63. The Labute approximate surface area is 146 Å². The molecule has 0 spiro atoms. The summed E-state index contributed by atoms with van der Waals surface area (Å²) in [6.45, 7) is 20.7. The summed E-state index contributed by atoms with van der Waals surface area (Å²) in [6, 6.07) is 1.01. The summed E-state index contributed by atoms with van der Waals surface area (Å²) in [7, 11) is 0. The summed E-state index contributed by atoms with van der Waals surface area (Å²) in [5, 5.41) is 0. The van der Waals surface area contributed by atoms with Gasteiger partial charge in [-0.25, -0.2) is 0 Å². The number of carbonyl (C=O) groups excluding carboxylic acids is 1. The molecule has 140 valence electrons. The van der Waals surface area contributed by atoms with E-state index in [0.717, 1.165) is 25.0 Å². The molecule has 0 aromatic carbocycles. The normalized spacial score (nSPS) is 17.6. The second-order valence-electron chi connectivity index (χ2n) is 5.87. The molecule has 1 heterocycles. The highest BCUT2D eigenvalue weighted by Crippen LogP contribution is 2.30. The lowest BCUT2D eigenvalue weighted by Crippen LogP contribution is -2.34. The van der Waals surface area contributed by atoms with Gasteiger partial charge in [0.15, 0.2) is 0 Å². The molecular formula is C20H44N2O. The number of rotatable bonds is 4. The highest BCUT2D eigenvalue weighted by atomic mass is 16.2. The van der Waals surface area contributed by atoms with Gasteiger partial charge in [0, 0.05) is 25.6 Å². The number of amides is 1. The van der Waals surface area contributed by atoms with Gasteiger partial charge in [-0.3, -0.25) is 4.79 Å². The summed E-state index contributed by atoms with van der Waals surface area (Å²) < 4.78 is 0. The topological polar surface area (TPSA) is 23.6 Å². The van der Waals surface area contributed by atoms with Crippen molar-refractivity contribution in [3.63, 3.8) is 0 Å². The molecule has 0 aromatic heterocycles. The number of likely N-dealkylation sites (tertiary alicyclic amines) is 1. The first-order valence-corrected chi connectivity index (χ1v) is 10.1. The fraction of sp³-hybridized carbons (Fsp3) is 0.950. The van der Waals surface area contributed by atoms with Gasteiger partial charge in [-0.2, -0.15) is 0 Å². The smallest absolute Gasteiger partial charge is 0.222 e. The molecule has 1 saturated heterocycles. The fourth-order valence-electron chi connectivity index (χ4n) is 2.63. The standard InChI is InChI=1S/C9H17N.C7H15NO.2C2H6/c1-8-4-6-10(7-5-8)9-2-3-9;1-4-7(9)8(5-2)6-3;2*1-2/h8-9H,2-7H2,1H3;4-6H2,1-3H3;2*1-2H3. The van der Waals surface area contributed by atoms with E-state index in [4.69, 9.17) is 0 Å². The number of carbonyl (C=O) groups is 1. The van der Waals surface area contributed by atoms with E-state index in [0.29, 0.717) is 6.42 Å². The third kappa shape index (κ3) is 11.6. The summed E-state index contributed by atoms with van der Waals surface area (Å²) in [5.74, 6) is 1.25. The predicted molar refractivity (Wildman–Crippen MR) is 104 cm³/mol. The Morgan fingerprint density at radius 1 is 0.913 bits per heavy atom. The van der Waals surface area contributed by atoms with Crippen LogP contribution in [0.25, 0.3) is 0 Å². The van der Waals surface area contributed by atoms with E-state index in [1.54, 1.807) is 0 Å². The van der Waals surface area contributed by atoms with E-state index < -0.39 is 0 Å². The van der Waals surface area contributed by atoms with E-state index >= 15 is 0 Å². The molecule has 1 aliphatic heterocycles. The summed E-state index contributed by atoms with van der Waals surface area (Å²) in [5.41, 5.74) is 0. The molecule has 0 N–H and O–H groups in total. The van der Waals surface area contributed by atoms with Gasteiger partial charge in [-0.15, -0.1) is 0 Å². The number of nitrogens with zero attached hydrogens (tertiary/aromatic N) is 2. The second-order valence-corrected chi connectivity index (χ2v) is 5.87. The Kier molecular flexibility index (Phi) is 17.5. The Morgan fingerprint density at radius 3 is 1.61 bits per heavy atom. The zero-order valence-corrected chi connectivity index (χ0v) is 17.3. The van der Waals surface area contributed by atoms with Crippen molar-refractivity contribution in [1.29, 1.82) is 0 Å². The number of hydrogen-bond donors (Lipinski definition) is 0. The van der Waals surface area contributed by atoms with E-state index in [1.165, 1.54) is 38.8 Å². The number of piperidine rings is 1. The largest absolute Gasteiger partial charge is 0.343 e. The van der Waals surface area contributed by atoms with Crippen LogP contribution in [0.1, 0.15) is 87.5 Å². The van der Waals surface area contributed by atoms with Crippen LogP contribution in [-0.4, -0.2) is 47.9 Å². The first kappa shape index (κ1) is 24.7. The quantitative estimate of drug-likeness (QED) is 0.708. The van der Waals surface area contributed by atoms with Gasteiger partial charge in [-0.1, -0.05) is 41.5 Å². The molecule has 3 heteroatoms. The van der Waals surface area contributed by atoms with Crippen LogP contribution in [0.15, 0.2) is 0 Å². The van der Waals surface area contributed by atoms with E-state index in [1.807, 2.05) is 53.4 Å². The Balaban J connectivity index is 0. The summed E-state index contributed by atoms with van der Waals surface area (Å²) in [6.07, 6.45) is 6.47. The molecule has 2 aliphatic rings. The third-order valence-corrected chi connectivity index (χ3v) is 4.30. The van der Waals surface area contributed by atoms with Crippen molar-refractivity contribution in [1.82, 2.24) is 9.80 Å². The molecule has 1 saturated carbocycles. The SMILES string of the molecule is CC.CC.CC1CCN(C2CC2)CC1.CCC(=O)N(CC)CC. The highest BCUT2D eigenvalue weighted by Gasteiger charge is 2.30. The van der Waals surface area contributed by atoms with Crippen molar-refractivity contribution < 1.29 is 4.79 Å². The lowest BCUT2D eigenvalue weighted by Gasteiger charge is -2.29. The highest BCUT2D eigenvalue weighted by molar-refractivity contribution is 5.75. The maximum Gasteiger partial charge on any atom is 0.222 e. The van der Waals surface area contributed by atoms with Crippen LogP contribution in [0.4, 0.5) is 0 Å². The summed E-state index contributed by atoms with van der Waals surface area (Å²) in [4.78, 5) is 15.4. The monoisotopic (exact) mass is 328 g/mol. The van der Waals surface area contributed by atoms with Gasteiger partial charge in [0.2, 0.25) is 5.91 Å². The van der Waals surface area contributed by atoms with Gasteiger partial charge in [0.25, 0.3) is 0 Å². The Morgan fingerprint density at radius 2 is 1.35 bits per heavy atom. The molecule has 0 aromatic rings. The van der Waals surface area contributed by atoms with Crippen molar-refractivity contribution >= 4 is 5.91 Å². The van der Waals surface area contributed by atoms with E-state index in [9.17, 15) is 4.79 Å². The van der Waals surface area contributed by atoms with Crippen LogP contribution in [0.2, 0.25) is 0 Å². The average molecular weight is 329 g/mol. The van der Waals surface area contributed by atoms with Crippen molar-refractivity contribution in [2.24, 2.45) is 5.92 Å². The van der Waals surface area contributed by atoms with Gasteiger partial charge >= 0.3 is 0 Å². The molecule has 0 bridgehead atoms. The van der Waals surface area contributed by atoms with Crippen LogP contribution >= 0.6 is 0 Å². The lowest BCUT2D eigenvalue weighted by atomic mass is 9.99. The second kappa shape index (κ2) is 16.3. The van der Waals surface area contributed by atoms with Crippen molar-refractivity contribution in [2.75, 3.05) is 26.2 Å². The van der Waals surface area contributed by atoms with Gasteiger partial charge in [0.05, 0.1) is 0 Å². The lowest BCUT2D eigenvalue weighted by molar-refractivity contribution is -0.130. The summed E-state index contributed by atoms with van der Waals surface area (Å²) >= 11 is 0. The van der Waals surface area contributed by atoms with E-state index in [2.05, 4.69) is 11.8 Å². The Hall–Kier alpha value is -0.570. The van der Waals surface area contributed by atoms with Crippen LogP contribution in [0.3, 0.4) is 0 Å². The zero-order chi connectivity index (χ0) is 18.3. The van der Waals surface area contributed by atoms with Gasteiger partial charge in [-0.05, 0) is 58.5 Å². The van der Waals surface area contributed by atoms with Crippen molar-refractivity contribution in [3.05, 3.63) is 0 Å². The predicted octanol–water partition coefficient (Wildman–Crippen LogP) is 5.20. The minimum Gasteiger partial charge on any atom is -0.343 e. The van der Waals surface area contributed by atoms with E-state index in [-0.39, 0.29) is 5.91 Å². The molecule has 0 unspecified atom stereocenters. The molecule has 2 rings (SSSR count). The van der Waals surface area contributed by atoms with Crippen LogP contribution < -0.4 is 0 Å². The maximum atomic E-state index is 10.9. The number of hydrogen-bond acceptors (Lipinski definition) is 2. The first-order chi connectivity index (χ1) is 11.1. The molecule has 3 nitrogen and oxygen atoms in total. The average Bonchev–Trinajstić information content (AvgIpc) is 3.45. The molecule has 1 amide bonds. The zero-order valence-electron chi connectivity index (χ0n) is 17.3. The first-order valence-electron chi connectivity index (χ1n) is 10.1. The molecule has 23 heavy (non-hydrogen) atoms. The van der Waals surface area contributed by atoms with Gasteiger partial charge < -0.3 is 9.80 Å². The Bertz CT molecular complexity index is 252. The van der Waals surface area contributed by atoms with Crippen molar-refractivity contribution in [3.8, 4) is 0 Å². The maximum absolute atomic E-state index is 10.9. The van der Waals surface area contributed by atoms with Gasteiger partial charge in [0.1, 0.15) is 0 Å². The minimum absolute atomic E-state index is 0.250. The molecular weight excluding hydrogens is 284 g/mol. The molecule has 0 atom stereocenters.